The molecule has 1 saturated carbocycles. The summed E-state index contributed by atoms with van der Waals surface area (Å²) >= 11 is 6.28. The molecule has 1 aromatic heterocycles. The van der Waals surface area contributed by atoms with Gasteiger partial charge in [-0.25, -0.2) is 0 Å². The third-order valence-electron chi connectivity index (χ3n) is 4.80. The van der Waals surface area contributed by atoms with Crippen LogP contribution in [-0.4, -0.2) is 39.4 Å². The maximum absolute atomic E-state index is 11.1. The zero-order chi connectivity index (χ0) is 14.9. The van der Waals surface area contributed by atoms with Gasteiger partial charge < -0.3 is 10.0 Å². The van der Waals surface area contributed by atoms with Crippen LogP contribution in [0.25, 0.3) is 0 Å². The Morgan fingerprint density at radius 3 is 2.85 bits per heavy atom. The number of aromatic nitrogens is 2. The summed E-state index contributed by atoms with van der Waals surface area (Å²) in [5, 5.41) is 15.9. The lowest BCUT2D eigenvalue weighted by Crippen LogP contribution is -2.52. The van der Waals surface area contributed by atoms with Crippen molar-refractivity contribution in [2.24, 2.45) is 5.92 Å². The third kappa shape index (κ3) is 2.61. The quantitative estimate of drug-likeness (QED) is 0.929. The Labute approximate surface area is 126 Å². The van der Waals surface area contributed by atoms with E-state index in [1.807, 2.05) is 11.6 Å². The first kappa shape index (κ1) is 15.8. The van der Waals surface area contributed by atoms with E-state index >= 15 is 0 Å². The van der Waals surface area contributed by atoms with Gasteiger partial charge in [-0.3, -0.25) is 4.68 Å². The highest BCUT2D eigenvalue weighted by Gasteiger charge is 2.45. The topological polar surface area (TPSA) is 41.3 Å². The Balaban J connectivity index is 2.41. The highest BCUT2D eigenvalue weighted by Crippen LogP contribution is 2.45. The van der Waals surface area contributed by atoms with Crippen LogP contribution in [0.15, 0.2) is 6.20 Å². The van der Waals surface area contributed by atoms with Gasteiger partial charge in [0.2, 0.25) is 0 Å². The van der Waals surface area contributed by atoms with E-state index in [2.05, 4.69) is 31.0 Å². The van der Waals surface area contributed by atoms with E-state index in [1.165, 1.54) is 6.42 Å². The first-order valence-corrected chi connectivity index (χ1v) is 7.87. The molecule has 1 heterocycles. The Bertz CT molecular complexity index is 460. The first-order valence-electron chi connectivity index (χ1n) is 7.49. The summed E-state index contributed by atoms with van der Waals surface area (Å²) in [7, 11) is 4.11. The van der Waals surface area contributed by atoms with Crippen LogP contribution in [0, 0.1) is 5.92 Å². The van der Waals surface area contributed by atoms with Crippen molar-refractivity contribution in [1.82, 2.24) is 14.7 Å². The summed E-state index contributed by atoms with van der Waals surface area (Å²) in [5.74, 6) is 0.623. The number of nitrogens with zero attached hydrogens (tertiary/aromatic N) is 3. The summed E-state index contributed by atoms with van der Waals surface area (Å²) in [4.78, 5) is 2.18. The first-order chi connectivity index (χ1) is 9.42. The summed E-state index contributed by atoms with van der Waals surface area (Å²) in [6, 6.07) is 0. The predicted molar refractivity (Wildman–Crippen MR) is 81.9 cm³/mol. The van der Waals surface area contributed by atoms with Crippen molar-refractivity contribution in [3.05, 3.63) is 16.9 Å². The van der Waals surface area contributed by atoms with Gasteiger partial charge in [-0.15, -0.1) is 0 Å². The second-order valence-corrected chi connectivity index (χ2v) is 6.70. The van der Waals surface area contributed by atoms with Crippen LogP contribution in [0.1, 0.15) is 51.3 Å². The molecule has 4 nitrogen and oxygen atoms in total. The number of aryl methyl sites for hydroxylation is 1. The zero-order valence-corrected chi connectivity index (χ0v) is 13.7. The minimum atomic E-state index is -0.602. The van der Waals surface area contributed by atoms with Crippen molar-refractivity contribution >= 4 is 11.6 Å². The molecular weight excluding hydrogens is 274 g/mol. The number of halogens is 1. The normalized spacial score (nSPS) is 28.9. The fraction of sp³-hybridized carbons (Fsp3) is 0.800. The lowest BCUT2D eigenvalue weighted by molar-refractivity contribution is -0.0489. The number of hydrogen-bond donors (Lipinski definition) is 1. The summed E-state index contributed by atoms with van der Waals surface area (Å²) in [6.45, 7) is 5.01. The molecule has 0 aromatic carbocycles. The van der Waals surface area contributed by atoms with E-state index < -0.39 is 6.10 Å². The molecule has 2 rings (SSSR count). The highest BCUT2D eigenvalue weighted by atomic mass is 35.5. The van der Waals surface area contributed by atoms with Gasteiger partial charge in [0.25, 0.3) is 0 Å². The average Bonchev–Trinajstić information content (AvgIpc) is 2.78. The molecule has 1 aliphatic carbocycles. The van der Waals surface area contributed by atoms with Crippen molar-refractivity contribution in [1.29, 1.82) is 0 Å². The van der Waals surface area contributed by atoms with E-state index in [0.717, 1.165) is 31.5 Å². The van der Waals surface area contributed by atoms with Gasteiger partial charge in [0.05, 0.1) is 22.5 Å². The van der Waals surface area contributed by atoms with Crippen LogP contribution in [-0.2, 0) is 6.54 Å². The van der Waals surface area contributed by atoms with Gasteiger partial charge in [0.15, 0.2) is 0 Å². The molecule has 0 saturated heterocycles. The number of likely N-dealkylation sites (N-methyl/N-ethyl adjacent to an activating group) is 1. The van der Waals surface area contributed by atoms with Gasteiger partial charge >= 0.3 is 0 Å². The Kier molecular flexibility index (Phi) is 4.77. The molecule has 3 atom stereocenters. The van der Waals surface area contributed by atoms with Gasteiger partial charge in [-0.05, 0) is 39.8 Å². The monoisotopic (exact) mass is 299 g/mol. The van der Waals surface area contributed by atoms with Crippen molar-refractivity contribution < 1.29 is 5.11 Å². The van der Waals surface area contributed by atoms with Gasteiger partial charge in [-0.2, -0.15) is 5.10 Å². The van der Waals surface area contributed by atoms with Gasteiger partial charge in [-0.1, -0.05) is 31.4 Å². The number of aliphatic hydroxyl groups excluding tert-OH is 1. The van der Waals surface area contributed by atoms with Crippen LogP contribution in [0.5, 0.6) is 0 Å². The fourth-order valence-electron chi connectivity index (χ4n) is 3.61. The van der Waals surface area contributed by atoms with Crippen molar-refractivity contribution in [2.75, 3.05) is 14.1 Å². The second-order valence-electron chi connectivity index (χ2n) is 6.30. The minimum absolute atomic E-state index is 0.242. The number of rotatable bonds is 4. The maximum atomic E-state index is 11.1. The SMILES string of the molecule is CCn1ncc(Cl)c1C(O)C1(N(C)C)CCCC(C)C1. The standard InChI is InChI=1S/C15H26ClN3O/c1-5-19-13(12(16)10-17-19)14(20)15(18(3)4)8-6-7-11(2)9-15/h10-11,14,20H,5-9H2,1-4H3. The Hall–Kier alpha value is -0.580. The molecule has 20 heavy (non-hydrogen) atoms. The van der Waals surface area contributed by atoms with Gasteiger partial charge in [0.1, 0.15) is 6.10 Å². The van der Waals surface area contributed by atoms with Crippen LogP contribution < -0.4 is 0 Å². The fourth-order valence-corrected chi connectivity index (χ4v) is 3.86. The molecule has 1 aliphatic rings. The van der Waals surface area contributed by atoms with E-state index in [1.54, 1.807) is 6.20 Å². The van der Waals surface area contributed by atoms with E-state index in [9.17, 15) is 5.11 Å². The van der Waals surface area contributed by atoms with Crippen LogP contribution in [0.2, 0.25) is 5.02 Å². The molecular formula is C15H26ClN3O. The largest absolute Gasteiger partial charge is 0.385 e. The van der Waals surface area contributed by atoms with Crippen LogP contribution in [0.4, 0.5) is 0 Å². The van der Waals surface area contributed by atoms with Crippen LogP contribution in [0.3, 0.4) is 0 Å². The molecule has 0 bridgehead atoms. The smallest absolute Gasteiger partial charge is 0.115 e. The number of aliphatic hydroxyl groups is 1. The molecule has 114 valence electrons. The summed E-state index contributed by atoms with van der Waals surface area (Å²) in [6.07, 6.45) is 5.41. The maximum Gasteiger partial charge on any atom is 0.115 e. The lowest BCUT2D eigenvalue weighted by Gasteiger charge is -2.48. The molecule has 0 amide bonds. The van der Waals surface area contributed by atoms with E-state index in [0.29, 0.717) is 10.9 Å². The molecule has 1 aromatic rings. The molecule has 0 spiro atoms. The molecule has 1 N–H and O–H groups in total. The Morgan fingerprint density at radius 1 is 1.60 bits per heavy atom. The molecule has 3 unspecified atom stereocenters. The average molecular weight is 300 g/mol. The van der Waals surface area contributed by atoms with E-state index in [-0.39, 0.29) is 5.54 Å². The molecule has 5 heteroatoms. The predicted octanol–water partition coefficient (Wildman–Crippen LogP) is 3.10. The Morgan fingerprint density at radius 2 is 2.30 bits per heavy atom. The van der Waals surface area contributed by atoms with E-state index in [4.69, 9.17) is 11.6 Å². The van der Waals surface area contributed by atoms with Crippen LogP contribution >= 0.6 is 11.6 Å². The second kappa shape index (κ2) is 6.04. The molecule has 0 aliphatic heterocycles. The molecule has 0 radical (unpaired) electrons. The zero-order valence-electron chi connectivity index (χ0n) is 12.9. The third-order valence-corrected chi connectivity index (χ3v) is 5.09. The van der Waals surface area contributed by atoms with Crippen molar-refractivity contribution in [3.8, 4) is 0 Å². The highest BCUT2D eigenvalue weighted by molar-refractivity contribution is 6.31. The van der Waals surface area contributed by atoms with Gasteiger partial charge in [0, 0.05) is 6.54 Å². The molecule has 1 fully saturated rings. The number of hydrogen-bond acceptors (Lipinski definition) is 3. The summed E-state index contributed by atoms with van der Waals surface area (Å²) in [5.41, 5.74) is 0.519. The van der Waals surface area contributed by atoms with Crippen molar-refractivity contribution in [2.45, 2.75) is 57.7 Å². The lowest BCUT2D eigenvalue weighted by atomic mass is 9.71. The minimum Gasteiger partial charge on any atom is -0.385 e. The summed E-state index contributed by atoms with van der Waals surface area (Å²) < 4.78 is 1.82. The van der Waals surface area contributed by atoms with Crippen molar-refractivity contribution in [3.63, 3.8) is 0 Å².